The van der Waals surface area contributed by atoms with Crippen LogP contribution in [0.3, 0.4) is 0 Å². The summed E-state index contributed by atoms with van der Waals surface area (Å²) in [6.45, 7) is 6.77. The smallest absolute Gasteiger partial charge is 0.222 e. The van der Waals surface area contributed by atoms with E-state index in [0.29, 0.717) is 12.5 Å². The van der Waals surface area contributed by atoms with E-state index in [4.69, 9.17) is 5.11 Å². The number of unbranched alkanes of at least 4 members (excludes halogenated alkanes) is 18. The summed E-state index contributed by atoms with van der Waals surface area (Å²) in [6.07, 6.45) is 27.1. The van der Waals surface area contributed by atoms with Crippen LogP contribution in [-0.4, -0.2) is 35.6 Å². The molecule has 0 aromatic carbocycles. The first-order chi connectivity index (χ1) is 15.3. The van der Waals surface area contributed by atoms with Gasteiger partial charge in [0.2, 0.25) is 5.91 Å². The average molecular weight is 440 g/mol. The van der Waals surface area contributed by atoms with Crippen LogP contribution in [-0.2, 0) is 4.79 Å². The van der Waals surface area contributed by atoms with Gasteiger partial charge in [-0.3, -0.25) is 4.79 Å². The van der Waals surface area contributed by atoms with Crippen LogP contribution in [0.15, 0.2) is 0 Å². The standard InChI is InChI=1S/C28H57NO2/c1-3-5-7-9-11-13-17-21-25-29(26-22-18-14-15-19-23-27-30)28(31)24-20-16-12-10-8-6-4-2/h30H,3-27H2,1-2H3. The summed E-state index contributed by atoms with van der Waals surface area (Å²) in [5.41, 5.74) is 0. The summed E-state index contributed by atoms with van der Waals surface area (Å²) in [5, 5.41) is 8.88. The molecule has 0 aromatic heterocycles. The SMILES string of the molecule is CCCCCCCCCCN(CCCCCCCCO)C(=O)CCCCCCCCC. The van der Waals surface area contributed by atoms with Crippen molar-refractivity contribution in [1.29, 1.82) is 0 Å². The molecular weight excluding hydrogens is 382 g/mol. The van der Waals surface area contributed by atoms with Crippen LogP contribution in [0.1, 0.15) is 155 Å². The van der Waals surface area contributed by atoms with Crippen LogP contribution >= 0.6 is 0 Å². The van der Waals surface area contributed by atoms with E-state index < -0.39 is 0 Å². The fourth-order valence-electron chi connectivity index (χ4n) is 4.31. The van der Waals surface area contributed by atoms with Crippen molar-refractivity contribution in [1.82, 2.24) is 4.90 Å². The molecule has 186 valence electrons. The summed E-state index contributed by atoms with van der Waals surface area (Å²) >= 11 is 0. The molecule has 0 saturated heterocycles. The minimum Gasteiger partial charge on any atom is -0.396 e. The summed E-state index contributed by atoms with van der Waals surface area (Å²) in [7, 11) is 0. The maximum atomic E-state index is 12.8. The number of carbonyl (C=O) groups is 1. The Balaban J connectivity index is 4.03. The molecule has 1 N–H and O–H groups in total. The quantitative estimate of drug-likeness (QED) is 0.145. The molecular formula is C28H57NO2. The molecule has 1 amide bonds. The van der Waals surface area contributed by atoms with Crippen molar-refractivity contribution in [3.63, 3.8) is 0 Å². The molecule has 31 heavy (non-hydrogen) atoms. The fraction of sp³-hybridized carbons (Fsp3) is 0.964. The predicted octanol–water partition coefficient (Wildman–Crippen LogP) is 8.43. The predicted molar refractivity (Wildman–Crippen MR) is 137 cm³/mol. The molecule has 0 spiro atoms. The van der Waals surface area contributed by atoms with Crippen molar-refractivity contribution in [2.45, 2.75) is 155 Å². The van der Waals surface area contributed by atoms with E-state index in [1.165, 1.54) is 109 Å². The minimum atomic E-state index is 0.319. The lowest BCUT2D eigenvalue weighted by Crippen LogP contribution is -2.32. The molecule has 0 aromatic rings. The van der Waals surface area contributed by atoms with Gasteiger partial charge in [0.25, 0.3) is 0 Å². The second-order valence-corrected chi connectivity index (χ2v) is 9.57. The molecule has 0 unspecified atom stereocenters. The number of carbonyl (C=O) groups excluding carboxylic acids is 1. The molecule has 0 fully saturated rings. The Morgan fingerprint density at radius 1 is 0.516 bits per heavy atom. The highest BCUT2D eigenvalue weighted by molar-refractivity contribution is 5.76. The third kappa shape index (κ3) is 22.4. The maximum Gasteiger partial charge on any atom is 0.222 e. The number of hydrogen-bond acceptors (Lipinski definition) is 2. The van der Waals surface area contributed by atoms with Crippen molar-refractivity contribution < 1.29 is 9.90 Å². The number of nitrogens with zero attached hydrogens (tertiary/aromatic N) is 1. The zero-order valence-corrected chi connectivity index (χ0v) is 21.5. The fourth-order valence-corrected chi connectivity index (χ4v) is 4.31. The number of aliphatic hydroxyl groups excluding tert-OH is 1. The van der Waals surface area contributed by atoms with Crippen LogP contribution < -0.4 is 0 Å². The number of hydrogen-bond donors (Lipinski definition) is 1. The molecule has 0 aliphatic heterocycles. The Morgan fingerprint density at radius 3 is 1.29 bits per heavy atom. The van der Waals surface area contributed by atoms with Crippen molar-refractivity contribution in [2.24, 2.45) is 0 Å². The van der Waals surface area contributed by atoms with Gasteiger partial charge >= 0.3 is 0 Å². The number of rotatable bonds is 25. The Morgan fingerprint density at radius 2 is 0.871 bits per heavy atom. The van der Waals surface area contributed by atoms with Gasteiger partial charge < -0.3 is 10.0 Å². The van der Waals surface area contributed by atoms with E-state index in [1.807, 2.05) is 0 Å². The molecule has 0 bridgehead atoms. The zero-order valence-electron chi connectivity index (χ0n) is 21.5. The van der Waals surface area contributed by atoms with E-state index in [0.717, 1.165) is 45.2 Å². The molecule has 3 heteroatoms. The van der Waals surface area contributed by atoms with Crippen molar-refractivity contribution in [3.05, 3.63) is 0 Å². The maximum absolute atomic E-state index is 12.8. The van der Waals surface area contributed by atoms with Gasteiger partial charge in [0, 0.05) is 26.1 Å². The highest BCUT2D eigenvalue weighted by Crippen LogP contribution is 2.13. The first-order valence-corrected chi connectivity index (χ1v) is 14.1. The molecule has 0 aliphatic carbocycles. The van der Waals surface area contributed by atoms with Crippen LogP contribution in [0.5, 0.6) is 0 Å². The van der Waals surface area contributed by atoms with E-state index in [2.05, 4.69) is 18.7 Å². The van der Waals surface area contributed by atoms with Gasteiger partial charge in [0.1, 0.15) is 0 Å². The monoisotopic (exact) mass is 439 g/mol. The van der Waals surface area contributed by atoms with Gasteiger partial charge in [-0.05, 0) is 25.7 Å². The van der Waals surface area contributed by atoms with Crippen LogP contribution in [0.4, 0.5) is 0 Å². The Labute approximate surface area is 195 Å². The largest absolute Gasteiger partial charge is 0.396 e. The molecule has 3 nitrogen and oxygen atoms in total. The van der Waals surface area contributed by atoms with Crippen LogP contribution in [0.2, 0.25) is 0 Å². The lowest BCUT2D eigenvalue weighted by Gasteiger charge is -2.23. The summed E-state index contributed by atoms with van der Waals surface area (Å²) in [4.78, 5) is 15.0. The van der Waals surface area contributed by atoms with Gasteiger partial charge in [-0.25, -0.2) is 0 Å². The molecule has 0 aliphatic rings. The third-order valence-electron chi connectivity index (χ3n) is 6.46. The summed E-state index contributed by atoms with van der Waals surface area (Å²) in [6, 6.07) is 0. The Bertz CT molecular complexity index is 359. The number of aliphatic hydroxyl groups is 1. The van der Waals surface area contributed by atoms with Crippen LogP contribution in [0.25, 0.3) is 0 Å². The van der Waals surface area contributed by atoms with Gasteiger partial charge in [0.05, 0.1) is 0 Å². The van der Waals surface area contributed by atoms with E-state index in [-0.39, 0.29) is 0 Å². The minimum absolute atomic E-state index is 0.319. The molecule has 0 atom stereocenters. The second-order valence-electron chi connectivity index (χ2n) is 9.57. The van der Waals surface area contributed by atoms with Gasteiger partial charge in [-0.15, -0.1) is 0 Å². The highest BCUT2D eigenvalue weighted by Gasteiger charge is 2.12. The van der Waals surface area contributed by atoms with Crippen molar-refractivity contribution in [3.8, 4) is 0 Å². The van der Waals surface area contributed by atoms with Crippen LogP contribution in [0, 0.1) is 0 Å². The third-order valence-corrected chi connectivity index (χ3v) is 6.46. The lowest BCUT2D eigenvalue weighted by molar-refractivity contribution is -0.131. The normalized spacial score (nSPS) is 11.2. The molecule has 0 rings (SSSR count). The lowest BCUT2D eigenvalue weighted by atomic mass is 10.1. The molecule has 0 radical (unpaired) electrons. The Kier molecular flexibility index (Phi) is 25.2. The van der Waals surface area contributed by atoms with Crippen molar-refractivity contribution in [2.75, 3.05) is 19.7 Å². The second kappa shape index (κ2) is 25.7. The first kappa shape index (κ1) is 30.4. The van der Waals surface area contributed by atoms with Crippen molar-refractivity contribution >= 4 is 5.91 Å². The van der Waals surface area contributed by atoms with Gasteiger partial charge in [-0.1, -0.05) is 123 Å². The zero-order chi connectivity index (χ0) is 22.8. The highest BCUT2D eigenvalue weighted by atomic mass is 16.2. The summed E-state index contributed by atoms with van der Waals surface area (Å²) < 4.78 is 0. The first-order valence-electron chi connectivity index (χ1n) is 14.1. The van der Waals surface area contributed by atoms with E-state index in [1.54, 1.807) is 0 Å². The average Bonchev–Trinajstić information content (AvgIpc) is 2.78. The molecule has 0 heterocycles. The van der Waals surface area contributed by atoms with E-state index >= 15 is 0 Å². The topological polar surface area (TPSA) is 40.5 Å². The summed E-state index contributed by atoms with van der Waals surface area (Å²) in [5.74, 6) is 0.400. The number of amides is 1. The molecule has 0 saturated carbocycles. The van der Waals surface area contributed by atoms with Gasteiger partial charge in [0.15, 0.2) is 0 Å². The Hall–Kier alpha value is -0.570. The van der Waals surface area contributed by atoms with Gasteiger partial charge in [-0.2, -0.15) is 0 Å². The van der Waals surface area contributed by atoms with E-state index in [9.17, 15) is 4.79 Å².